The second-order valence-electron chi connectivity index (χ2n) is 5.48. The standard InChI is InChI=1S/C17H15N3OS/c21-13-9-11(16-6-3-7-22-16)8-12(10-13)18-17-19-14-4-1-2-5-15(14)20-17/h1-7,10-11H,8-9H2,(H2,18,19,20)/t11-/m0/s1. The summed E-state index contributed by atoms with van der Waals surface area (Å²) in [7, 11) is 0. The van der Waals surface area contributed by atoms with Crippen LogP contribution in [-0.4, -0.2) is 15.8 Å². The van der Waals surface area contributed by atoms with Gasteiger partial charge in [0, 0.05) is 29.0 Å². The topological polar surface area (TPSA) is 57.8 Å². The van der Waals surface area contributed by atoms with E-state index in [-0.39, 0.29) is 11.7 Å². The third kappa shape index (κ3) is 2.55. The summed E-state index contributed by atoms with van der Waals surface area (Å²) < 4.78 is 0. The van der Waals surface area contributed by atoms with Crippen molar-refractivity contribution in [2.75, 3.05) is 5.32 Å². The normalized spacial score (nSPS) is 18.5. The molecule has 2 N–H and O–H groups in total. The lowest BCUT2D eigenvalue weighted by Gasteiger charge is -2.21. The summed E-state index contributed by atoms with van der Waals surface area (Å²) in [6.45, 7) is 0. The number of aromatic amines is 1. The van der Waals surface area contributed by atoms with Crippen molar-refractivity contribution >= 4 is 34.1 Å². The Kier molecular flexibility index (Phi) is 3.27. The predicted molar refractivity (Wildman–Crippen MR) is 89.1 cm³/mol. The van der Waals surface area contributed by atoms with E-state index >= 15 is 0 Å². The van der Waals surface area contributed by atoms with E-state index in [1.807, 2.05) is 30.3 Å². The highest BCUT2D eigenvalue weighted by atomic mass is 32.1. The molecule has 0 spiro atoms. The molecule has 3 aromatic rings. The van der Waals surface area contributed by atoms with Crippen LogP contribution in [0.1, 0.15) is 23.6 Å². The number of rotatable bonds is 3. The van der Waals surface area contributed by atoms with Crippen LogP contribution in [0.5, 0.6) is 0 Å². The number of fused-ring (bicyclic) bond motifs is 1. The summed E-state index contributed by atoms with van der Waals surface area (Å²) in [5, 5.41) is 5.33. The molecular formula is C17H15N3OS. The number of carbonyl (C=O) groups excluding carboxylic acids is 1. The number of nitrogens with zero attached hydrogens (tertiary/aromatic N) is 1. The Morgan fingerprint density at radius 1 is 1.18 bits per heavy atom. The zero-order valence-electron chi connectivity index (χ0n) is 11.9. The van der Waals surface area contributed by atoms with Crippen LogP contribution >= 0.6 is 11.3 Å². The second kappa shape index (κ2) is 5.42. The second-order valence-corrected chi connectivity index (χ2v) is 6.46. The largest absolute Gasteiger partial charge is 0.329 e. The first-order valence-corrected chi connectivity index (χ1v) is 8.14. The Morgan fingerprint density at radius 3 is 2.91 bits per heavy atom. The number of carbonyl (C=O) groups is 1. The molecule has 4 nitrogen and oxygen atoms in total. The molecule has 4 rings (SSSR count). The zero-order chi connectivity index (χ0) is 14.9. The fourth-order valence-electron chi connectivity index (χ4n) is 2.87. The maximum absolute atomic E-state index is 12.0. The van der Waals surface area contributed by atoms with E-state index in [0.29, 0.717) is 12.4 Å². The molecule has 0 aliphatic heterocycles. The van der Waals surface area contributed by atoms with Crippen molar-refractivity contribution in [1.82, 2.24) is 9.97 Å². The lowest BCUT2D eigenvalue weighted by molar-refractivity contribution is -0.115. The number of thiophene rings is 1. The quantitative estimate of drug-likeness (QED) is 0.767. The van der Waals surface area contributed by atoms with Crippen LogP contribution in [0.25, 0.3) is 11.0 Å². The first-order valence-electron chi connectivity index (χ1n) is 7.26. The van der Waals surface area contributed by atoms with Crippen LogP contribution in [0.2, 0.25) is 0 Å². The third-order valence-corrected chi connectivity index (χ3v) is 4.90. The molecule has 1 aliphatic carbocycles. The van der Waals surface area contributed by atoms with E-state index in [2.05, 4.69) is 26.7 Å². The number of H-pyrrole nitrogens is 1. The van der Waals surface area contributed by atoms with E-state index in [4.69, 9.17) is 0 Å². The van der Waals surface area contributed by atoms with Crippen molar-refractivity contribution in [3.05, 3.63) is 58.4 Å². The molecule has 1 aliphatic rings. The van der Waals surface area contributed by atoms with Gasteiger partial charge >= 0.3 is 0 Å². The van der Waals surface area contributed by atoms with Crippen LogP contribution in [0.4, 0.5) is 5.95 Å². The Hall–Kier alpha value is -2.40. The van der Waals surface area contributed by atoms with Crippen molar-refractivity contribution in [1.29, 1.82) is 0 Å². The molecule has 2 heterocycles. The van der Waals surface area contributed by atoms with Gasteiger partial charge in [0.2, 0.25) is 5.95 Å². The Balaban J connectivity index is 1.57. The molecule has 0 amide bonds. The number of hydrogen-bond donors (Lipinski definition) is 2. The van der Waals surface area contributed by atoms with Crippen LogP contribution in [0.15, 0.2) is 53.6 Å². The molecule has 0 radical (unpaired) electrons. The molecule has 0 saturated heterocycles. The highest BCUT2D eigenvalue weighted by Crippen LogP contribution is 2.34. The number of hydrogen-bond acceptors (Lipinski definition) is 4. The van der Waals surface area contributed by atoms with Gasteiger partial charge < -0.3 is 10.3 Å². The van der Waals surface area contributed by atoms with Crippen molar-refractivity contribution in [3.63, 3.8) is 0 Å². The highest BCUT2D eigenvalue weighted by molar-refractivity contribution is 7.10. The van der Waals surface area contributed by atoms with Gasteiger partial charge in [0.15, 0.2) is 5.78 Å². The van der Waals surface area contributed by atoms with E-state index in [0.717, 1.165) is 23.2 Å². The molecule has 2 aromatic heterocycles. The van der Waals surface area contributed by atoms with Crippen molar-refractivity contribution in [2.45, 2.75) is 18.8 Å². The van der Waals surface area contributed by atoms with Crippen LogP contribution in [0.3, 0.4) is 0 Å². The summed E-state index contributed by atoms with van der Waals surface area (Å²) in [5.74, 6) is 1.12. The SMILES string of the molecule is O=C1C=C(Nc2nc3ccccc3[nH]2)C[C@H](c2cccs2)C1. The van der Waals surface area contributed by atoms with Gasteiger partial charge in [-0.25, -0.2) is 4.98 Å². The van der Waals surface area contributed by atoms with Gasteiger partial charge in [0.25, 0.3) is 0 Å². The molecule has 0 unspecified atom stereocenters. The first-order chi connectivity index (χ1) is 10.8. The maximum atomic E-state index is 12.0. The third-order valence-electron chi connectivity index (χ3n) is 3.86. The molecule has 1 aromatic carbocycles. The minimum atomic E-state index is 0.170. The van der Waals surface area contributed by atoms with Gasteiger partial charge in [-0.3, -0.25) is 4.79 Å². The first kappa shape index (κ1) is 13.3. The monoisotopic (exact) mass is 309 g/mol. The van der Waals surface area contributed by atoms with Gasteiger partial charge in [0.1, 0.15) is 0 Å². The Labute approximate surface area is 131 Å². The molecule has 0 fully saturated rings. The fourth-order valence-corrected chi connectivity index (χ4v) is 3.70. The van der Waals surface area contributed by atoms with Gasteiger partial charge in [0.05, 0.1) is 11.0 Å². The highest BCUT2D eigenvalue weighted by Gasteiger charge is 2.23. The molecule has 110 valence electrons. The molecule has 0 saturated carbocycles. The summed E-state index contributed by atoms with van der Waals surface area (Å²) in [6, 6.07) is 12.0. The lowest BCUT2D eigenvalue weighted by Crippen LogP contribution is -2.16. The number of allylic oxidation sites excluding steroid dienone is 2. The number of aromatic nitrogens is 2. The van der Waals surface area contributed by atoms with E-state index in [1.165, 1.54) is 4.88 Å². The Bertz CT molecular complexity index is 815. The average molecular weight is 309 g/mol. The van der Waals surface area contributed by atoms with Crippen molar-refractivity contribution in [2.24, 2.45) is 0 Å². The van der Waals surface area contributed by atoms with Gasteiger partial charge in [-0.2, -0.15) is 0 Å². The lowest BCUT2D eigenvalue weighted by atomic mass is 9.90. The van der Waals surface area contributed by atoms with Gasteiger partial charge in [-0.15, -0.1) is 11.3 Å². The number of imidazole rings is 1. The van der Waals surface area contributed by atoms with E-state index in [9.17, 15) is 4.79 Å². The molecule has 0 bridgehead atoms. The van der Waals surface area contributed by atoms with Crippen LogP contribution in [-0.2, 0) is 4.79 Å². The van der Waals surface area contributed by atoms with Crippen LogP contribution in [0, 0.1) is 0 Å². The maximum Gasteiger partial charge on any atom is 0.205 e. The number of nitrogens with one attached hydrogen (secondary N) is 2. The number of para-hydroxylation sites is 2. The number of anilines is 1. The Morgan fingerprint density at radius 2 is 2.09 bits per heavy atom. The summed E-state index contributed by atoms with van der Waals surface area (Å²) in [4.78, 5) is 21.0. The van der Waals surface area contributed by atoms with E-state index < -0.39 is 0 Å². The summed E-state index contributed by atoms with van der Waals surface area (Å²) >= 11 is 1.71. The summed E-state index contributed by atoms with van der Waals surface area (Å²) in [6.07, 6.45) is 3.13. The molecule has 1 atom stereocenters. The van der Waals surface area contributed by atoms with Crippen LogP contribution < -0.4 is 5.32 Å². The smallest absolute Gasteiger partial charge is 0.205 e. The zero-order valence-corrected chi connectivity index (χ0v) is 12.7. The van der Waals surface area contributed by atoms with Gasteiger partial charge in [-0.1, -0.05) is 18.2 Å². The van der Waals surface area contributed by atoms with Crippen molar-refractivity contribution < 1.29 is 4.79 Å². The summed E-state index contributed by atoms with van der Waals surface area (Å²) in [5.41, 5.74) is 2.83. The van der Waals surface area contributed by atoms with Gasteiger partial charge in [-0.05, 0) is 30.0 Å². The molecule has 5 heteroatoms. The average Bonchev–Trinajstić information content (AvgIpc) is 3.15. The molecular weight excluding hydrogens is 294 g/mol. The van der Waals surface area contributed by atoms with Crippen molar-refractivity contribution in [3.8, 4) is 0 Å². The minimum Gasteiger partial charge on any atom is -0.329 e. The molecule has 22 heavy (non-hydrogen) atoms. The fraction of sp³-hybridized carbons (Fsp3) is 0.176. The minimum absolute atomic E-state index is 0.170. The predicted octanol–water partition coefficient (Wildman–Crippen LogP) is 4.07. The number of benzene rings is 1. The number of ketones is 1. The van der Waals surface area contributed by atoms with E-state index in [1.54, 1.807) is 17.4 Å².